The molecule has 0 unspecified atom stereocenters. The minimum Gasteiger partial charge on any atom is -0.399 e. The summed E-state index contributed by atoms with van der Waals surface area (Å²) in [6, 6.07) is 101. The molecule has 0 saturated carbocycles. The van der Waals surface area contributed by atoms with Gasteiger partial charge in [0.1, 0.15) is 4.60 Å². The number of benzene rings is 12. The lowest BCUT2D eigenvalue weighted by molar-refractivity contribution is 0.00578. The molecule has 0 N–H and O–H groups in total. The highest BCUT2D eigenvalue weighted by Crippen LogP contribution is 2.48. The Morgan fingerprint density at radius 1 is 0.330 bits per heavy atom. The SMILES string of the molecule is Brc1ccnc(Br)c1.C.C.CC1(C)OB(c2cccc(-n3c4ccccc4c4c5sc6ccccc6c5ccc43)c2)OC1(C)C.c1cc(-c2ccnc(-c3cccc(-n4c5ccccc5c5c6sc7ccccc7c6ccc54)c3)c2)cc(-n2c3ccccc3c3c4sc5ccccc5c4ccc32)c1. The number of halogens is 2. The first-order valence-electron chi connectivity index (χ1n) is 33.8. The largest absolute Gasteiger partial charge is 0.494 e. The second kappa shape index (κ2) is 26.0. The molecule has 8 aromatic heterocycles. The summed E-state index contributed by atoms with van der Waals surface area (Å²) in [6.07, 6.45) is 3.68. The average Bonchev–Trinajstić information content (AvgIpc) is 1.58. The lowest BCUT2D eigenvalue weighted by Crippen LogP contribution is -2.41. The average molecular weight is 1520 g/mol. The predicted molar refractivity (Wildman–Crippen MR) is 452 cm³/mol. The first kappa shape index (κ1) is 66.2. The van der Waals surface area contributed by atoms with Crippen molar-refractivity contribution in [2.24, 2.45) is 0 Å². The number of thiophene rings is 3. The summed E-state index contributed by atoms with van der Waals surface area (Å²) >= 11 is 12.2. The highest BCUT2D eigenvalue weighted by molar-refractivity contribution is 9.11. The maximum atomic E-state index is 6.36. The third-order valence-electron chi connectivity index (χ3n) is 20.5. The van der Waals surface area contributed by atoms with Gasteiger partial charge in [-0.15, -0.1) is 34.0 Å². The molecule has 7 nitrogen and oxygen atoms in total. The van der Waals surface area contributed by atoms with E-state index >= 15 is 0 Å². The second-order valence-corrected chi connectivity index (χ2v) is 31.8. The standard InChI is InChI=1S/C53H31N3S2.C30H26BNO2S.C5H3Br2N.2CH4/c1-5-19-44-41(17-1)50-46(25-23-39-37-15-3-7-21-48(37)57-52(39)50)55(44)35-13-9-11-32(29-35)33-27-28-54-43(31-33)34-12-10-14-36(30-34)56-45-20-6-2-18-42(45)51-47(56)26-24-40-38-16-4-8-22-49(38)58-53(40)51;1-29(2)30(3,4)34-31(33-29)19-10-9-11-20(18-19)32-24-14-7-5-13-23(24)27-25(32)17-16-22-21-12-6-8-15-26(21)35-28(22)27;6-4-1-2-8-5(7)3-4;;/h1-31H;5-18H,1-4H3;1-3H;2*1H4. The van der Waals surface area contributed by atoms with Crippen LogP contribution in [-0.2, 0) is 9.31 Å². The van der Waals surface area contributed by atoms with Crippen LogP contribution in [0, 0.1) is 0 Å². The number of pyridine rings is 2. The van der Waals surface area contributed by atoms with Crippen LogP contribution in [0.5, 0.6) is 0 Å². The summed E-state index contributed by atoms with van der Waals surface area (Å²) in [4.78, 5) is 8.86. The van der Waals surface area contributed by atoms with Gasteiger partial charge in [0.05, 0.1) is 50.0 Å². The molecule has 500 valence electrons. The molecule has 0 amide bonds. The van der Waals surface area contributed by atoms with Gasteiger partial charge in [0.15, 0.2) is 0 Å². The van der Waals surface area contributed by atoms with E-state index in [9.17, 15) is 0 Å². The molecular weight excluding hydrogens is 1450 g/mol. The zero-order chi connectivity index (χ0) is 67.8. The molecule has 20 aromatic rings. The molecule has 0 radical (unpaired) electrons. The summed E-state index contributed by atoms with van der Waals surface area (Å²) in [5, 5.41) is 15.7. The van der Waals surface area contributed by atoms with E-state index in [1.54, 1.807) is 6.20 Å². The fourth-order valence-corrected chi connectivity index (χ4v) is 19.9. The number of hydrogen-bond donors (Lipinski definition) is 0. The quantitative estimate of drug-likeness (QED) is 0.123. The Labute approximate surface area is 625 Å². The zero-order valence-corrected chi connectivity index (χ0v) is 60.9. The van der Waals surface area contributed by atoms with Gasteiger partial charge in [0.2, 0.25) is 0 Å². The van der Waals surface area contributed by atoms with Gasteiger partial charge in [0, 0.05) is 132 Å². The Balaban J connectivity index is 0.000000148. The van der Waals surface area contributed by atoms with Gasteiger partial charge in [-0.3, -0.25) is 4.98 Å². The molecular formula is C90H68BBr2N5O2S3. The molecule has 13 heteroatoms. The van der Waals surface area contributed by atoms with E-state index in [0.717, 1.165) is 54.0 Å². The van der Waals surface area contributed by atoms with Crippen LogP contribution in [-0.4, -0.2) is 42.0 Å². The maximum absolute atomic E-state index is 6.36. The van der Waals surface area contributed by atoms with E-state index in [1.165, 1.54) is 126 Å². The van der Waals surface area contributed by atoms with Gasteiger partial charge >= 0.3 is 7.12 Å². The molecule has 0 bridgehead atoms. The summed E-state index contributed by atoms with van der Waals surface area (Å²) in [7, 11) is -0.387. The lowest BCUT2D eigenvalue weighted by Gasteiger charge is -2.32. The van der Waals surface area contributed by atoms with E-state index in [1.807, 2.05) is 52.3 Å². The normalized spacial score (nSPS) is 13.4. The number of aromatic nitrogens is 5. The van der Waals surface area contributed by atoms with Gasteiger partial charge in [0.25, 0.3) is 0 Å². The fourth-order valence-electron chi connectivity index (χ4n) is 15.1. The topological polar surface area (TPSA) is 59.0 Å². The van der Waals surface area contributed by atoms with E-state index in [-0.39, 0.29) is 33.2 Å². The first-order valence-corrected chi connectivity index (χ1v) is 37.8. The molecule has 1 saturated heterocycles. The van der Waals surface area contributed by atoms with Crippen molar-refractivity contribution in [3.05, 3.63) is 301 Å². The van der Waals surface area contributed by atoms with Crippen molar-refractivity contribution in [2.45, 2.75) is 53.8 Å². The van der Waals surface area contributed by atoms with Gasteiger partial charge in [-0.1, -0.05) is 195 Å². The highest BCUT2D eigenvalue weighted by atomic mass is 79.9. The van der Waals surface area contributed by atoms with E-state index in [2.05, 4.69) is 345 Å². The Morgan fingerprint density at radius 2 is 0.709 bits per heavy atom. The van der Waals surface area contributed by atoms with Crippen molar-refractivity contribution in [2.75, 3.05) is 0 Å². The van der Waals surface area contributed by atoms with Gasteiger partial charge in [-0.05, 0) is 175 Å². The zero-order valence-electron chi connectivity index (χ0n) is 55.3. The molecule has 0 atom stereocenters. The van der Waals surface area contributed by atoms with Crippen LogP contribution in [0.3, 0.4) is 0 Å². The highest BCUT2D eigenvalue weighted by Gasteiger charge is 2.51. The molecule has 0 aliphatic carbocycles. The molecule has 1 aliphatic rings. The van der Waals surface area contributed by atoms with Crippen LogP contribution in [0.4, 0.5) is 0 Å². The van der Waals surface area contributed by atoms with Crippen LogP contribution in [0.2, 0.25) is 0 Å². The Morgan fingerprint density at radius 3 is 1.15 bits per heavy atom. The number of nitrogens with zero attached hydrogens (tertiary/aromatic N) is 5. The Bertz CT molecular complexity index is 6480. The van der Waals surface area contributed by atoms with Crippen LogP contribution < -0.4 is 5.46 Å². The second-order valence-electron chi connectivity index (χ2n) is 26.9. The summed E-state index contributed by atoms with van der Waals surface area (Å²) in [5.74, 6) is 0. The minimum absolute atomic E-state index is 0. The summed E-state index contributed by atoms with van der Waals surface area (Å²) in [5.41, 5.74) is 15.3. The van der Waals surface area contributed by atoms with Crippen molar-refractivity contribution in [3.8, 4) is 39.4 Å². The maximum Gasteiger partial charge on any atom is 0.494 e. The Kier molecular flexibility index (Phi) is 16.7. The van der Waals surface area contributed by atoms with Gasteiger partial charge in [-0.25, -0.2) is 4.98 Å². The van der Waals surface area contributed by atoms with Gasteiger partial charge in [-0.2, -0.15) is 0 Å². The molecule has 9 heterocycles. The van der Waals surface area contributed by atoms with E-state index in [4.69, 9.17) is 14.3 Å². The summed E-state index contributed by atoms with van der Waals surface area (Å²) < 4.78 is 29.9. The van der Waals surface area contributed by atoms with Crippen molar-refractivity contribution in [1.29, 1.82) is 0 Å². The van der Waals surface area contributed by atoms with Crippen molar-refractivity contribution < 1.29 is 9.31 Å². The van der Waals surface area contributed by atoms with Crippen LogP contribution in [0.1, 0.15) is 42.5 Å². The number of fused-ring (bicyclic) bond motifs is 21. The van der Waals surface area contributed by atoms with Crippen LogP contribution >= 0.6 is 65.9 Å². The molecule has 12 aromatic carbocycles. The van der Waals surface area contributed by atoms with Crippen LogP contribution in [0.15, 0.2) is 301 Å². The van der Waals surface area contributed by atoms with Crippen LogP contribution in [0.25, 0.3) is 165 Å². The van der Waals surface area contributed by atoms with Gasteiger partial charge < -0.3 is 23.0 Å². The molecule has 1 fully saturated rings. The monoisotopic (exact) mass is 1520 g/mol. The number of para-hydroxylation sites is 3. The molecule has 103 heavy (non-hydrogen) atoms. The minimum atomic E-state index is -0.387. The lowest BCUT2D eigenvalue weighted by atomic mass is 9.79. The molecule has 1 aliphatic heterocycles. The summed E-state index contributed by atoms with van der Waals surface area (Å²) in [6.45, 7) is 8.39. The van der Waals surface area contributed by atoms with Crippen molar-refractivity contribution in [3.63, 3.8) is 0 Å². The third kappa shape index (κ3) is 11.0. The molecule has 0 spiro atoms. The Hall–Kier alpha value is -10.1. The predicted octanol–water partition coefficient (Wildman–Crippen LogP) is 26.7. The molecule has 21 rings (SSSR count). The fraction of sp³-hybridized carbons (Fsp3) is 0.0889. The van der Waals surface area contributed by atoms with E-state index < -0.39 is 0 Å². The number of rotatable bonds is 6. The first-order chi connectivity index (χ1) is 49.4. The van der Waals surface area contributed by atoms with Crippen molar-refractivity contribution in [1.82, 2.24) is 23.7 Å². The van der Waals surface area contributed by atoms with Crippen molar-refractivity contribution >= 4 is 204 Å². The number of hydrogen-bond acceptors (Lipinski definition) is 7. The van der Waals surface area contributed by atoms with E-state index in [0.29, 0.717) is 0 Å². The smallest absolute Gasteiger partial charge is 0.399 e. The third-order valence-corrected chi connectivity index (χ3v) is 25.0.